The fourth-order valence-electron chi connectivity index (χ4n) is 3.08. The number of benzene rings is 1. The molecule has 0 amide bonds. The van der Waals surface area contributed by atoms with Crippen molar-refractivity contribution in [2.75, 3.05) is 6.61 Å². The molecule has 0 fully saturated rings. The average Bonchev–Trinajstić information content (AvgIpc) is 2.50. The van der Waals surface area contributed by atoms with Crippen molar-refractivity contribution < 1.29 is 9.53 Å². The Kier molecular flexibility index (Phi) is 5.07. The first kappa shape index (κ1) is 16.3. The summed E-state index contributed by atoms with van der Waals surface area (Å²) in [6.07, 6.45) is 6.00. The summed E-state index contributed by atoms with van der Waals surface area (Å²) < 4.78 is 5.03. The van der Waals surface area contributed by atoms with Crippen LogP contribution in [0.1, 0.15) is 44.7 Å². The van der Waals surface area contributed by atoms with Gasteiger partial charge in [-0.25, -0.2) is 0 Å². The number of carbonyl (C=O) groups is 1. The Morgan fingerprint density at radius 2 is 2.05 bits per heavy atom. The number of nitrogens with two attached hydrogens (primary N) is 1. The van der Waals surface area contributed by atoms with E-state index in [1.54, 1.807) is 0 Å². The van der Waals surface area contributed by atoms with E-state index in [1.807, 2.05) is 19.1 Å². The normalized spacial score (nSPS) is 21.0. The van der Waals surface area contributed by atoms with E-state index in [1.165, 1.54) is 16.7 Å². The second kappa shape index (κ2) is 6.82. The third-order valence-electron chi connectivity index (χ3n) is 4.49. The van der Waals surface area contributed by atoms with Gasteiger partial charge in [0.2, 0.25) is 0 Å². The molecule has 0 radical (unpaired) electrons. The number of hydrogen-bond acceptors (Lipinski definition) is 3. The van der Waals surface area contributed by atoms with Crippen molar-refractivity contribution in [1.82, 2.24) is 0 Å². The Balaban J connectivity index is 2.27. The summed E-state index contributed by atoms with van der Waals surface area (Å²) in [5.74, 6) is -0.141. The zero-order valence-electron chi connectivity index (χ0n) is 13.7. The molecule has 1 aliphatic carbocycles. The molecule has 1 aromatic rings. The van der Waals surface area contributed by atoms with Gasteiger partial charge in [0.05, 0.1) is 6.61 Å². The van der Waals surface area contributed by atoms with Crippen LogP contribution in [0, 0.1) is 0 Å². The number of ether oxygens (including phenoxy) is 1. The lowest BCUT2D eigenvalue weighted by atomic mass is 9.69. The van der Waals surface area contributed by atoms with Crippen LogP contribution in [0.3, 0.4) is 0 Å². The van der Waals surface area contributed by atoms with Gasteiger partial charge in [0.25, 0.3) is 0 Å². The van der Waals surface area contributed by atoms with E-state index >= 15 is 0 Å². The molecule has 0 saturated carbocycles. The van der Waals surface area contributed by atoms with E-state index in [4.69, 9.17) is 10.5 Å². The lowest BCUT2D eigenvalue weighted by molar-refractivity contribution is -0.143. The summed E-state index contributed by atoms with van der Waals surface area (Å²) in [4.78, 5) is 11.6. The Labute approximate surface area is 132 Å². The maximum absolute atomic E-state index is 11.6. The predicted octanol–water partition coefficient (Wildman–Crippen LogP) is 3.63. The molecule has 0 aromatic heterocycles. The molecule has 2 N–H and O–H groups in total. The maximum atomic E-state index is 11.6. The lowest BCUT2D eigenvalue weighted by Crippen LogP contribution is -2.29. The largest absolute Gasteiger partial charge is 0.466 e. The van der Waals surface area contributed by atoms with Crippen LogP contribution >= 0.6 is 0 Å². The van der Waals surface area contributed by atoms with Crippen LogP contribution in [0.5, 0.6) is 0 Å². The third-order valence-corrected chi connectivity index (χ3v) is 4.49. The Hall–Kier alpha value is -2.03. The quantitative estimate of drug-likeness (QED) is 0.845. The molecular formula is C19H25NO2. The van der Waals surface area contributed by atoms with Gasteiger partial charge in [0, 0.05) is 24.0 Å². The molecule has 22 heavy (non-hydrogen) atoms. The molecule has 3 heteroatoms. The first-order valence-electron chi connectivity index (χ1n) is 7.84. The fourth-order valence-corrected chi connectivity index (χ4v) is 3.08. The molecule has 1 unspecified atom stereocenters. The second-order valence-corrected chi connectivity index (χ2v) is 6.06. The minimum Gasteiger partial charge on any atom is -0.466 e. The number of carbonyl (C=O) groups excluding carboxylic acids is 1. The fraction of sp³-hybridized carbons (Fsp3) is 0.421. The van der Waals surface area contributed by atoms with Crippen LogP contribution < -0.4 is 5.73 Å². The number of esters is 1. The van der Waals surface area contributed by atoms with Gasteiger partial charge in [-0.2, -0.15) is 0 Å². The summed E-state index contributed by atoms with van der Waals surface area (Å²) in [5, 5.41) is 0. The van der Waals surface area contributed by atoms with Crippen molar-refractivity contribution in [2.45, 2.75) is 45.4 Å². The van der Waals surface area contributed by atoms with E-state index in [0.717, 1.165) is 12.1 Å². The van der Waals surface area contributed by atoms with Crippen LogP contribution in [-0.4, -0.2) is 12.6 Å². The molecule has 0 saturated heterocycles. The highest BCUT2D eigenvalue weighted by atomic mass is 16.5. The van der Waals surface area contributed by atoms with E-state index in [9.17, 15) is 4.79 Å². The Bertz CT molecular complexity index is 616. The van der Waals surface area contributed by atoms with Crippen molar-refractivity contribution >= 4 is 5.97 Å². The summed E-state index contributed by atoms with van der Waals surface area (Å²) in [7, 11) is 0. The average molecular weight is 299 g/mol. The standard InChI is InChI=1S/C19H25NO2/c1-4-22-18(21)12-10-15-7-5-6-8-17(15)19(3)13-16(20)11-9-14(19)2/h5-9,11H,4,10,12-13,20H2,1-3H3. The molecule has 0 heterocycles. The number of rotatable bonds is 5. The molecule has 0 bridgehead atoms. The third kappa shape index (κ3) is 3.41. The molecule has 0 spiro atoms. The molecule has 1 atom stereocenters. The summed E-state index contributed by atoms with van der Waals surface area (Å²) in [6, 6.07) is 8.32. The highest BCUT2D eigenvalue weighted by Gasteiger charge is 2.32. The van der Waals surface area contributed by atoms with Gasteiger partial charge in [-0.15, -0.1) is 0 Å². The topological polar surface area (TPSA) is 52.3 Å². The van der Waals surface area contributed by atoms with Gasteiger partial charge in [-0.05, 0) is 37.5 Å². The monoisotopic (exact) mass is 299 g/mol. The lowest BCUT2D eigenvalue weighted by Gasteiger charge is -2.35. The molecule has 2 rings (SSSR count). The van der Waals surface area contributed by atoms with Crippen LogP contribution in [0.15, 0.2) is 47.7 Å². The number of aryl methyl sites for hydroxylation is 1. The highest BCUT2D eigenvalue weighted by Crippen LogP contribution is 2.41. The minimum atomic E-state index is -0.141. The Morgan fingerprint density at radius 1 is 1.32 bits per heavy atom. The molecule has 1 aromatic carbocycles. The first-order chi connectivity index (χ1) is 10.5. The van der Waals surface area contributed by atoms with Gasteiger partial charge in [0.15, 0.2) is 0 Å². The van der Waals surface area contributed by atoms with Crippen molar-refractivity contribution in [1.29, 1.82) is 0 Å². The highest BCUT2D eigenvalue weighted by molar-refractivity contribution is 5.69. The van der Waals surface area contributed by atoms with Crippen molar-refractivity contribution in [3.63, 3.8) is 0 Å². The molecule has 118 valence electrons. The molecular weight excluding hydrogens is 274 g/mol. The van der Waals surface area contributed by atoms with Crippen molar-refractivity contribution in [3.05, 3.63) is 58.8 Å². The van der Waals surface area contributed by atoms with E-state index in [0.29, 0.717) is 19.4 Å². The SMILES string of the molecule is CCOC(=O)CCc1ccccc1C1(C)CC(N)=CC=C1C. The smallest absolute Gasteiger partial charge is 0.306 e. The zero-order valence-corrected chi connectivity index (χ0v) is 13.7. The van der Waals surface area contributed by atoms with Gasteiger partial charge >= 0.3 is 5.97 Å². The minimum absolute atomic E-state index is 0.107. The maximum Gasteiger partial charge on any atom is 0.306 e. The summed E-state index contributed by atoms with van der Waals surface area (Å²) >= 11 is 0. The van der Waals surface area contributed by atoms with Crippen LogP contribution in [0.25, 0.3) is 0 Å². The zero-order chi connectivity index (χ0) is 16.2. The molecule has 0 aliphatic heterocycles. The second-order valence-electron chi connectivity index (χ2n) is 6.06. The van der Waals surface area contributed by atoms with Crippen LogP contribution in [0.2, 0.25) is 0 Å². The summed E-state index contributed by atoms with van der Waals surface area (Å²) in [5.41, 5.74) is 10.6. The van der Waals surface area contributed by atoms with Gasteiger partial charge < -0.3 is 10.5 Å². The van der Waals surface area contributed by atoms with Crippen molar-refractivity contribution in [3.8, 4) is 0 Å². The van der Waals surface area contributed by atoms with Gasteiger partial charge in [0.1, 0.15) is 0 Å². The van der Waals surface area contributed by atoms with Gasteiger partial charge in [-0.3, -0.25) is 4.79 Å². The molecule has 1 aliphatic rings. The van der Waals surface area contributed by atoms with E-state index < -0.39 is 0 Å². The summed E-state index contributed by atoms with van der Waals surface area (Å²) in [6.45, 7) is 6.63. The van der Waals surface area contributed by atoms with Crippen LogP contribution in [0.4, 0.5) is 0 Å². The van der Waals surface area contributed by atoms with Crippen LogP contribution in [-0.2, 0) is 21.4 Å². The molecule has 3 nitrogen and oxygen atoms in total. The number of hydrogen-bond donors (Lipinski definition) is 1. The number of allylic oxidation sites excluding steroid dienone is 4. The first-order valence-corrected chi connectivity index (χ1v) is 7.84. The van der Waals surface area contributed by atoms with Gasteiger partial charge in [-0.1, -0.05) is 42.8 Å². The van der Waals surface area contributed by atoms with Crippen molar-refractivity contribution in [2.24, 2.45) is 5.73 Å². The van der Waals surface area contributed by atoms with E-state index in [2.05, 4.69) is 38.1 Å². The Morgan fingerprint density at radius 3 is 2.77 bits per heavy atom. The predicted molar refractivity (Wildman–Crippen MR) is 89.4 cm³/mol. The van der Waals surface area contributed by atoms with E-state index in [-0.39, 0.29) is 11.4 Å².